The molecule has 8 nitrogen and oxygen atoms in total. The number of amides is 1. The minimum Gasteiger partial charge on any atom is -0.494 e. The van der Waals surface area contributed by atoms with Crippen molar-refractivity contribution >= 4 is 17.3 Å². The maximum absolute atomic E-state index is 12.2. The van der Waals surface area contributed by atoms with Crippen LogP contribution in [0.5, 0.6) is 11.5 Å². The molecule has 0 radical (unpaired) electrons. The number of benzene rings is 1. The second-order valence-corrected chi connectivity index (χ2v) is 4.51. The van der Waals surface area contributed by atoms with Gasteiger partial charge in [-0.25, -0.2) is 0 Å². The number of carbonyl (C=O) groups is 1. The molecule has 8 heteroatoms. The second-order valence-electron chi connectivity index (χ2n) is 4.51. The highest BCUT2D eigenvalue weighted by molar-refractivity contribution is 6.04. The number of aromatic nitrogens is 1. The molecule has 0 spiro atoms. The summed E-state index contributed by atoms with van der Waals surface area (Å²) in [5, 5.41) is 13.3. The van der Waals surface area contributed by atoms with Gasteiger partial charge >= 0.3 is 0 Å². The lowest BCUT2D eigenvalue weighted by molar-refractivity contribution is -0.384. The van der Waals surface area contributed by atoms with Gasteiger partial charge in [-0.3, -0.25) is 14.9 Å². The number of nitrogens with zero attached hydrogens (tertiary/aromatic N) is 1. The van der Waals surface area contributed by atoms with Crippen LogP contribution < -0.4 is 14.8 Å². The van der Waals surface area contributed by atoms with E-state index in [0.717, 1.165) is 6.20 Å². The first-order chi connectivity index (χ1) is 11.0. The number of H-pyrrole nitrogens is 1. The molecule has 23 heavy (non-hydrogen) atoms. The van der Waals surface area contributed by atoms with Gasteiger partial charge < -0.3 is 19.8 Å². The van der Waals surface area contributed by atoms with Crippen LogP contribution in [-0.4, -0.2) is 29.0 Å². The first-order valence-corrected chi connectivity index (χ1v) is 7.09. The third-order valence-electron chi connectivity index (χ3n) is 2.93. The van der Waals surface area contributed by atoms with Crippen molar-refractivity contribution in [1.82, 2.24) is 4.98 Å². The lowest BCUT2D eigenvalue weighted by atomic mass is 10.2. The van der Waals surface area contributed by atoms with Crippen LogP contribution in [0.4, 0.5) is 11.4 Å². The predicted molar refractivity (Wildman–Crippen MR) is 84.2 cm³/mol. The van der Waals surface area contributed by atoms with Gasteiger partial charge in [0.2, 0.25) is 0 Å². The van der Waals surface area contributed by atoms with Crippen LogP contribution in [0, 0.1) is 10.1 Å². The normalized spacial score (nSPS) is 10.2. The van der Waals surface area contributed by atoms with Crippen molar-refractivity contribution < 1.29 is 19.2 Å². The fourth-order valence-corrected chi connectivity index (χ4v) is 1.95. The number of anilines is 1. The summed E-state index contributed by atoms with van der Waals surface area (Å²) >= 11 is 0. The smallest absolute Gasteiger partial charge is 0.287 e. The Hall–Kier alpha value is -3.03. The molecular weight excluding hydrogens is 302 g/mol. The Balaban J connectivity index is 2.23. The predicted octanol–water partition coefficient (Wildman–Crippen LogP) is 2.97. The van der Waals surface area contributed by atoms with E-state index in [-0.39, 0.29) is 11.4 Å². The van der Waals surface area contributed by atoms with Crippen molar-refractivity contribution in [2.24, 2.45) is 0 Å². The Kier molecular flexibility index (Phi) is 5.19. The zero-order valence-corrected chi connectivity index (χ0v) is 12.8. The number of ether oxygens (including phenoxy) is 2. The molecule has 0 aliphatic heterocycles. The highest BCUT2D eigenvalue weighted by Crippen LogP contribution is 2.30. The van der Waals surface area contributed by atoms with Crippen molar-refractivity contribution in [2.75, 3.05) is 18.5 Å². The van der Waals surface area contributed by atoms with E-state index in [1.54, 1.807) is 18.2 Å². The summed E-state index contributed by atoms with van der Waals surface area (Å²) in [5.41, 5.74) is 0.337. The second kappa shape index (κ2) is 7.30. The maximum atomic E-state index is 12.2. The molecule has 2 rings (SSSR count). The number of carbonyl (C=O) groups excluding carboxylic acids is 1. The fraction of sp³-hybridized carbons (Fsp3) is 0.267. The number of hydrogen-bond acceptors (Lipinski definition) is 5. The minimum atomic E-state index is -0.575. The topological polar surface area (TPSA) is 106 Å². The van der Waals surface area contributed by atoms with E-state index in [2.05, 4.69) is 10.3 Å². The van der Waals surface area contributed by atoms with Crippen LogP contribution in [0.2, 0.25) is 0 Å². The van der Waals surface area contributed by atoms with Crippen molar-refractivity contribution in [3.63, 3.8) is 0 Å². The summed E-state index contributed by atoms with van der Waals surface area (Å²) in [7, 11) is 0. The summed E-state index contributed by atoms with van der Waals surface area (Å²) < 4.78 is 10.9. The number of aromatic amines is 1. The van der Waals surface area contributed by atoms with Gasteiger partial charge in [-0.15, -0.1) is 0 Å². The summed E-state index contributed by atoms with van der Waals surface area (Å²) in [6, 6.07) is 6.25. The van der Waals surface area contributed by atoms with Gasteiger partial charge in [-0.05, 0) is 26.0 Å². The molecule has 0 saturated heterocycles. The molecule has 2 aromatic rings. The Labute approximate surface area is 132 Å². The number of nitro groups is 1. The van der Waals surface area contributed by atoms with E-state index in [0.29, 0.717) is 30.4 Å². The lowest BCUT2D eigenvalue weighted by Crippen LogP contribution is -2.13. The van der Waals surface area contributed by atoms with Gasteiger partial charge in [0, 0.05) is 12.1 Å². The Morgan fingerprint density at radius 1 is 1.26 bits per heavy atom. The first-order valence-electron chi connectivity index (χ1n) is 7.09. The molecule has 122 valence electrons. The van der Waals surface area contributed by atoms with E-state index in [1.165, 1.54) is 6.07 Å². The largest absolute Gasteiger partial charge is 0.494 e. The molecule has 0 unspecified atom stereocenters. The van der Waals surface area contributed by atoms with Gasteiger partial charge in [0.15, 0.2) is 0 Å². The van der Waals surface area contributed by atoms with Crippen LogP contribution in [0.1, 0.15) is 24.3 Å². The molecular formula is C15H17N3O5. The average molecular weight is 319 g/mol. The SMILES string of the molecule is CCOc1ccc(OCC)c(NC(=O)c2cc([N+](=O)[O-])c[nH]2)c1. The third kappa shape index (κ3) is 4.00. The molecule has 1 aromatic heterocycles. The van der Waals surface area contributed by atoms with Gasteiger partial charge in [-0.1, -0.05) is 0 Å². The Morgan fingerprint density at radius 2 is 2.00 bits per heavy atom. The van der Waals surface area contributed by atoms with Crippen LogP contribution in [0.25, 0.3) is 0 Å². The fourth-order valence-electron chi connectivity index (χ4n) is 1.95. The van der Waals surface area contributed by atoms with Crippen molar-refractivity contribution in [2.45, 2.75) is 13.8 Å². The summed E-state index contributed by atoms with van der Waals surface area (Å²) in [6.45, 7) is 4.61. The van der Waals surface area contributed by atoms with Crippen molar-refractivity contribution in [3.8, 4) is 11.5 Å². The van der Waals surface area contributed by atoms with Gasteiger partial charge in [0.25, 0.3) is 11.6 Å². The Morgan fingerprint density at radius 3 is 2.61 bits per heavy atom. The molecule has 0 fully saturated rings. The van der Waals surface area contributed by atoms with E-state index in [4.69, 9.17) is 9.47 Å². The van der Waals surface area contributed by atoms with Crippen LogP contribution >= 0.6 is 0 Å². The third-order valence-corrected chi connectivity index (χ3v) is 2.93. The van der Waals surface area contributed by atoms with Crippen molar-refractivity contribution in [1.29, 1.82) is 0 Å². The summed E-state index contributed by atoms with van der Waals surface area (Å²) in [4.78, 5) is 24.9. The molecule has 0 saturated carbocycles. The summed E-state index contributed by atoms with van der Waals surface area (Å²) in [5.74, 6) is 0.571. The summed E-state index contributed by atoms with van der Waals surface area (Å²) in [6.07, 6.45) is 1.16. The number of rotatable bonds is 7. The van der Waals surface area contributed by atoms with Gasteiger partial charge in [-0.2, -0.15) is 0 Å². The van der Waals surface area contributed by atoms with E-state index in [9.17, 15) is 14.9 Å². The van der Waals surface area contributed by atoms with E-state index in [1.807, 2.05) is 13.8 Å². The molecule has 1 amide bonds. The van der Waals surface area contributed by atoms with Crippen LogP contribution in [-0.2, 0) is 0 Å². The molecule has 1 heterocycles. The minimum absolute atomic E-state index is 0.0842. The Bertz CT molecular complexity index is 711. The monoisotopic (exact) mass is 319 g/mol. The highest BCUT2D eigenvalue weighted by Gasteiger charge is 2.16. The quantitative estimate of drug-likeness (QED) is 0.602. The zero-order chi connectivity index (χ0) is 16.8. The maximum Gasteiger partial charge on any atom is 0.287 e. The van der Waals surface area contributed by atoms with E-state index < -0.39 is 10.8 Å². The van der Waals surface area contributed by atoms with E-state index >= 15 is 0 Å². The van der Waals surface area contributed by atoms with Gasteiger partial charge in [0.1, 0.15) is 17.2 Å². The van der Waals surface area contributed by atoms with Crippen LogP contribution in [0.15, 0.2) is 30.5 Å². The molecule has 0 aliphatic carbocycles. The van der Waals surface area contributed by atoms with Gasteiger partial charge in [0.05, 0.1) is 30.0 Å². The molecule has 1 aromatic carbocycles. The van der Waals surface area contributed by atoms with Crippen LogP contribution in [0.3, 0.4) is 0 Å². The first kappa shape index (κ1) is 16.3. The standard InChI is InChI=1S/C15H17N3O5/c1-3-22-11-5-6-14(23-4-2)12(8-11)17-15(19)13-7-10(9-16-13)18(20)21/h5-9,16H,3-4H2,1-2H3,(H,17,19). The molecule has 0 bridgehead atoms. The average Bonchev–Trinajstić information content (AvgIpc) is 3.00. The number of nitrogens with one attached hydrogen (secondary N) is 2. The van der Waals surface area contributed by atoms with Crippen molar-refractivity contribution in [3.05, 3.63) is 46.3 Å². The molecule has 2 N–H and O–H groups in total. The zero-order valence-electron chi connectivity index (χ0n) is 12.8. The highest BCUT2D eigenvalue weighted by atomic mass is 16.6. The molecule has 0 atom stereocenters. The number of hydrogen-bond donors (Lipinski definition) is 2. The molecule has 0 aliphatic rings. The lowest BCUT2D eigenvalue weighted by Gasteiger charge is -2.13.